The third-order valence-electron chi connectivity index (χ3n) is 3.10. The molecule has 7 heteroatoms. The van der Waals surface area contributed by atoms with Gasteiger partial charge in [-0.1, -0.05) is 31.2 Å². The molecule has 0 saturated carbocycles. The second kappa shape index (κ2) is 5.72. The van der Waals surface area contributed by atoms with Crippen molar-refractivity contribution in [2.24, 2.45) is 5.14 Å². The maximum atomic E-state index is 11.5. The zero-order valence-electron chi connectivity index (χ0n) is 11.6. The van der Waals surface area contributed by atoms with Gasteiger partial charge in [-0.3, -0.25) is 0 Å². The summed E-state index contributed by atoms with van der Waals surface area (Å²) in [7, 11) is -3.85. The molecule has 6 nitrogen and oxygen atoms in total. The maximum absolute atomic E-state index is 11.5. The van der Waals surface area contributed by atoms with Crippen LogP contribution in [0.1, 0.15) is 30.3 Å². The minimum absolute atomic E-state index is 0.164. The van der Waals surface area contributed by atoms with Crippen molar-refractivity contribution in [1.29, 1.82) is 0 Å². The molecule has 0 bridgehead atoms. The summed E-state index contributed by atoms with van der Waals surface area (Å²) in [4.78, 5) is 0. The first kappa shape index (κ1) is 14.7. The minimum Gasteiger partial charge on any atom is -0.300 e. The Hall–Kier alpha value is -1.73. The normalized spacial score (nSPS) is 11.8. The Balaban J connectivity index is 2.43. The Morgan fingerprint density at radius 1 is 1.25 bits per heavy atom. The Morgan fingerprint density at radius 2 is 1.95 bits per heavy atom. The largest absolute Gasteiger partial charge is 0.300 e. The molecular weight excluding hydrogens is 276 g/mol. The van der Waals surface area contributed by atoms with Crippen LogP contribution in [-0.2, 0) is 23.0 Å². The van der Waals surface area contributed by atoms with Crippen molar-refractivity contribution in [1.82, 2.24) is 14.8 Å². The molecule has 0 fully saturated rings. The fourth-order valence-electron chi connectivity index (χ4n) is 2.09. The van der Waals surface area contributed by atoms with E-state index in [2.05, 4.69) is 10.2 Å². The molecule has 20 heavy (non-hydrogen) atoms. The molecule has 0 aliphatic rings. The molecule has 0 aliphatic carbocycles. The molecule has 0 aliphatic heterocycles. The maximum Gasteiger partial charge on any atom is 0.273 e. The third-order valence-corrected chi connectivity index (χ3v) is 3.92. The third kappa shape index (κ3) is 3.05. The van der Waals surface area contributed by atoms with E-state index in [9.17, 15) is 8.42 Å². The molecule has 1 heterocycles. The summed E-state index contributed by atoms with van der Waals surface area (Å²) in [5.74, 6) is 0.616. The lowest BCUT2D eigenvalue weighted by Gasteiger charge is -2.09. The Morgan fingerprint density at radius 3 is 2.55 bits per heavy atom. The lowest BCUT2D eigenvalue weighted by Crippen LogP contribution is -2.19. The highest BCUT2D eigenvalue weighted by Crippen LogP contribution is 2.15. The number of benzene rings is 1. The number of sulfonamides is 1. The molecule has 0 unspecified atom stereocenters. The molecule has 0 saturated heterocycles. The van der Waals surface area contributed by atoms with Crippen molar-refractivity contribution in [3.05, 3.63) is 41.2 Å². The SMILES string of the molecule is CCCn1c(Cc2ccccc2C)nnc1S(N)(=O)=O. The van der Waals surface area contributed by atoms with Crippen LogP contribution < -0.4 is 5.14 Å². The van der Waals surface area contributed by atoms with E-state index in [0.29, 0.717) is 18.8 Å². The molecule has 2 aromatic rings. The number of aromatic nitrogens is 3. The van der Waals surface area contributed by atoms with Gasteiger partial charge in [0.2, 0.25) is 0 Å². The zero-order chi connectivity index (χ0) is 14.8. The average Bonchev–Trinajstić information content (AvgIpc) is 2.76. The lowest BCUT2D eigenvalue weighted by molar-refractivity contribution is 0.550. The summed E-state index contributed by atoms with van der Waals surface area (Å²) in [6.07, 6.45) is 1.32. The predicted octanol–water partition coefficient (Wildman–Crippen LogP) is 1.23. The van der Waals surface area contributed by atoms with Crippen LogP contribution in [0.4, 0.5) is 0 Å². The van der Waals surface area contributed by atoms with Gasteiger partial charge in [-0.15, -0.1) is 10.2 Å². The second-order valence-electron chi connectivity index (χ2n) is 4.70. The number of nitrogens with two attached hydrogens (primary N) is 1. The van der Waals surface area contributed by atoms with Gasteiger partial charge in [0.1, 0.15) is 5.82 Å². The highest BCUT2D eigenvalue weighted by molar-refractivity contribution is 7.89. The van der Waals surface area contributed by atoms with Crippen LogP contribution in [0.5, 0.6) is 0 Å². The van der Waals surface area contributed by atoms with Gasteiger partial charge in [0.25, 0.3) is 15.2 Å². The van der Waals surface area contributed by atoms with Gasteiger partial charge in [-0.25, -0.2) is 13.6 Å². The molecule has 108 valence electrons. The first-order valence-corrected chi connectivity index (χ1v) is 7.97. The highest BCUT2D eigenvalue weighted by Gasteiger charge is 2.20. The molecule has 2 rings (SSSR count). The first-order chi connectivity index (χ1) is 9.43. The Labute approximate surface area is 118 Å². The molecule has 0 radical (unpaired) electrons. The van der Waals surface area contributed by atoms with Crippen LogP contribution >= 0.6 is 0 Å². The molecule has 1 aromatic heterocycles. The average molecular weight is 294 g/mol. The summed E-state index contributed by atoms with van der Waals surface area (Å²) in [5.41, 5.74) is 2.23. The molecule has 0 amide bonds. The van der Waals surface area contributed by atoms with Crippen LogP contribution in [0.25, 0.3) is 0 Å². The van der Waals surface area contributed by atoms with Crippen molar-refractivity contribution >= 4 is 10.0 Å². The van der Waals surface area contributed by atoms with E-state index < -0.39 is 10.0 Å². The summed E-state index contributed by atoms with van der Waals surface area (Å²) in [6.45, 7) is 4.50. The summed E-state index contributed by atoms with van der Waals surface area (Å²) >= 11 is 0. The number of nitrogens with zero attached hydrogens (tertiary/aromatic N) is 3. The van der Waals surface area contributed by atoms with E-state index in [4.69, 9.17) is 5.14 Å². The van der Waals surface area contributed by atoms with E-state index in [1.165, 1.54) is 0 Å². The Bertz CT molecular complexity index is 707. The monoisotopic (exact) mass is 294 g/mol. The highest BCUT2D eigenvalue weighted by atomic mass is 32.2. The molecule has 1 aromatic carbocycles. The van der Waals surface area contributed by atoms with Crippen LogP contribution in [0.15, 0.2) is 29.4 Å². The van der Waals surface area contributed by atoms with E-state index in [1.807, 2.05) is 38.1 Å². The standard InChI is InChI=1S/C13H18N4O2S/c1-3-8-17-12(15-16-13(17)20(14,18)19)9-11-7-5-4-6-10(11)2/h4-7H,3,8-9H2,1-2H3,(H2,14,18,19). The van der Waals surface area contributed by atoms with E-state index in [1.54, 1.807) is 4.57 Å². The minimum atomic E-state index is -3.85. The number of hydrogen-bond donors (Lipinski definition) is 1. The van der Waals surface area contributed by atoms with Gasteiger partial charge in [0.05, 0.1) is 0 Å². The number of rotatable bonds is 5. The number of primary sulfonamides is 1. The fourth-order valence-corrected chi connectivity index (χ4v) is 2.75. The molecular formula is C13H18N4O2S. The molecule has 0 atom stereocenters. The quantitative estimate of drug-likeness (QED) is 0.898. The van der Waals surface area contributed by atoms with Crippen molar-refractivity contribution in [3.63, 3.8) is 0 Å². The van der Waals surface area contributed by atoms with Crippen molar-refractivity contribution in [3.8, 4) is 0 Å². The van der Waals surface area contributed by atoms with Gasteiger partial charge in [-0.05, 0) is 24.5 Å². The van der Waals surface area contributed by atoms with E-state index in [-0.39, 0.29) is 5.16 Å². The topological polar surface area (TPSA) is 90.9 Å². The van der Waals surface area contributed by atoms with Crippen LogP contribution in [-0.4, -0.2) is 23.2 Å². The molecule has 0 spiro atoms. The van der Waals surface area contributed by atoms with Crippen LogP contribution in [0.2, 0.25) is 0 Å². The van der Waals surface area contributed by atoms with Crippen molar-refractivity contribution in [2.75, 3.05) is 0 Å². The fraction of sp³-hybridized carbons (Fsp3) is 0.385. The molecule has 2 N–H and O–H groups in total. The van der Waals surface area contributed by atoms with Crippen LogP contribution in [0.3, 0.4) is 0 Å². The summed E-state index contributed by atoms with van der Waals surface area (Å²) in [5, 5.41) is 12.7. The van der Waals surface area contributed by atoms with Gasteiger partial charge < -0.3 is 4.57 Å². The van der Waals surface area contributed by atoms with Gasteiger partial charge in [0, 0.05) is 13.0 Å². The van der Waals surface area contributed by atoms with E-state index >= 15 is 0 Å². The second-order valence-corrected chi connectivity index (χ2v) is 6.15. The van der Waals surface area contributed by atoms with Gasteiger partial charge >= 0.3 is 0 Å². The number of hydrogen-bond acceptors (Lipinski definition) is 4. The van der Waals surface area contributed by atoms with Crippen molar-refractivity contribution in [2.45, 2.75) is 38.4 Å². The van der Waals surface area contributed by atoms with Gasteiger partial charge in [-0.2, -0.15) is 0 Å². The lowest BCUT2D eigenvalue weighted by atomic mass is 10.1. The summed E-state index contributed by atoms with van der Waals surface area (Å²) in [6, 6.07) is 7.92. The number of aryl methyl sites for hydroxylation is 1. The zero-order valence-corrected chi connectivity index (χ0v) is 12.4. The van der Waals surface area contributed by atoms with Crippen molar-refractivity contribution < 1.29 is 8.42 Å². The summed E-state index contributed by atoms with van der Waals surface area (Å²) < 4.78 is 24.6. The predicted molar refractivity (Wildman–Crippen MR) is 75.7 cm³/mol. The smallest absolute Gasteiger partial charge is 0.273 e. The van der Waals surface area contributed by atoms with Gasteiger partial charge in [0.15, 0.2) is 0 Å². The Kier molecular flexibility index (Phi) is 4.20. The first-order valence-electron chi connectivity index (χ1n) is 6.43. The van der Waals surface area contributed by atoms with E-state index in [0.717, 1.165) is 17.5 Å². The van der Waals surface area contributed by atoms with Crippen LogP contribution in [0, 0.1) is 6.92 Å².